The first-order chi connectivity index (χ1) is 7.85. The molecule has 0 unspecified atom stereocenters. The minimum atomic E-state index is 0.171. The second kappa shape index (κ2) is 5.90. The molecule has 0 aliphatic carbocycles. The largest absolute Gasteiger partial charge is 0.493 e. The number of aryl methyl sites for hydroxylation is 1. The molecular weight excluding hydrogens is 276 g/mol. The van der Waals surface area contributed by atoms with Crippen LogP contribution in [-0.2, 0) is 0 Å². The van der Waals surface area contributed by atoms with Crippen molar-refractivity contribution in [2.45, 2.75) is 40.5 Å². The van der Waals surface area contributed by atoms with Gasteiger partial charge in [-0.1, -0.05) is 49.7 Å². The first kappa shape index (κ1) is 14.6. The molecular formula is C15H23BrO. The number of benzene rings is 1. The summed E-state index contributed by atoms with van der Waals surface area (Å²) in [5.41, 5.74) is 2.89. The zero-order valence-corrected chi connectivity index (χ0v) is 13.1. The summed E-state index contributed by atoms with van der Waals surface area (Å²) in [4.78, 5) is 0. The van der Waals surface area contributed by atoms with Crippen molar-refractivity contribution in [1.82, 2.24) is 0 Å². The molecule has 96 valence electrons. The molecule has 0 aliphatic rings. The van der Waals surface area contributed by atoms with Crippen molar-refractivity contribution < 1.29 is 4.74 Å². The number of ether oxygens (including phenoxy) is 1. The van der Waals surface area contributed by atoms with Gasteiger partial charge in [0.2, 0.25) is 0 Å². The van der Waals surface area contributed by atoms with Gasteiger partial charge in [-0.15, -0.1) is 0 Å². The lowest BCUT2D eigenvalue weighted by molar-refractivity contribution is 0.203. The Morgan fingerprint density at radius 2 is 1.94 bits per heavy atom. The van der Waals surface area contributed by atoms with E-state index >= 15 is 0 Å². The molecule has 0 spiro atoms. The normalized spacial score (nSPS) is 11.9. The second-order valence-electron chi connectivity index (χ2n) is 5.76. The fourth-order valence-corrected chi connectivity index (χ4v) is 1.86. The Kier molecular flexibility index (Phi) is 5.05. The first-order valence-corrected chi connectivity index (χ1v) is 7.27. The SMILES string of the molecule is Cc1cc(OCC(C)(C)CBr)ccc1C(C)C. The molecule has 0 N–H and O–H groups in total. The third kappa shape index (κ3) is 4.34. The van der Waals surface area contributed by atoms with Gasteiger partial charge in [-0.05, 0) is 36.1 Å². The lowest BCUT2D eigenvalue weighted by Gasteiger charge is -2.22. The van der Waals surface area contributed by atoms with Crippen LogP contribution in [0.4, 0.5) is 0 Å². The van der Waals surface area contributed by atoms with Crippen molar-refractivity contribution in [3.63, 3.8) is 0 Å². The highest BCUT2D eigenvalue weighted by Crippen LogP contribution is 2.25. The van der Waals surface area contributed by atoms with Crippen LogP contribution in [0.2, 0.25) is 0 Å². The topological polar surface area (TPSA) is 9.23 Å². The number of alkyl halides is 1. The van der Waals surface area contributed by atoms with Gasteiger partial charge in [0.1, 0.15) is 5.75 Å². The molecule has 17 heavy (non-hydrogen) atoms. The number of rotatable bonds is 5. The summed E-state index contributed by atoms with van der Waals surface area (Å²) in [6, 6.07) is 6.39. The van der Waals surface area contributed by atoms with Crippen molar-refractivity contribution in [2.24, 2.45) is 5.41 Å². The molecule has 0 radical (unpaired) electrons. The summed E-state index contributed by atoms with van der Waals surface area (Å²) in [5, 5.41) is 0.947. The molecule has 0 amide bonds. The lowest BCUT2D eigenvalue weighted by atomic mass is 9.97. The van der Waals surface area contributed by atoms with Gasteiger partial charge in [0.05, 0.1) is 6.61 Å². The van der Waals surface area contributed by atoms with E-state index < -0.39 is 0 Å². The molecule has 2 heteroatoms. The van der Waals surface area contributed by atoms with Gasteiger partial charge in [-0.3, -0.25) is 0 Å². The van der Waals surface area contributed by atoms with Crippen LogP contribution in [0.5, 0.6) is 5.75 Å². The summed E-state index contributed by atoms with van der Waals surface area (Å²) in [7, 11) is 0. The molecule has 0 aliphatic heterocycles. The van der Waals surface area contributed by atoms with E-state index in [4.69, 9.17) is 4.74 Å². The number of halogens is 1. The van der Waals surface area contributed by atoms with Crippen LogP contribution in [0, 0.1) is 12.3 Å². The minimum absolute atomic E-state index is 0.171. The number of hydrogen-bond donors (Lipinski definition) is 0. The Bertz CT molecular complexity index is 369. The smallest absolute Gasteiger partial charge is 0.119 e. The fourth-order valence-electron chi connectivity index (χ4n) is 1.70. The Balaban J connectivity index is 2.71. The molecule has 0 bridgehead atoms. The van der Waals surface area contributed by atoms with Crippen LogP contribution in [0.15, 0.2) is 18.2 Å². The Hall–Kier alpha value is -0.500. The van der Waals surface area contributed by atoms with Crippen molar-refractivity contribution in [1.29, 1.82) is 0 Å². The predicted octanol–water partition coefficient (Wildman–Crippen LogP) is 4.92. The quantitative estimate of drug-likeness (QED) is 0.701. The molecule has 0 saturated carbocycles. The van der Waals surface area contributed by atoms with E-state index in [9.17, 15) is 0 Å². The van der Waals surface area contributed by atoms with Gasteiger partial charge in [-0.2, -0.15) is 0 Å². The Morgan fingerprint density at radius 1 is 1.29 bits per heavy atom. The maximum Gasteiger partial charge on any atom is 0.119 e. The van der Waals surface area contributed by atoms with Gasteiger partial charge < -0.3 is 4.74 Å². The van der Waals surface area contributed by atoms with Crippen molar-refractivity contribution in [2.75, 3.05) is 11.9 Å². The van der Waals surface area contributed by atoms with E-state index in [1.165, 1.54) is 11.1 Å². The average Bonchev–Trinajstić information content (AvgIpc) is 2.26. The van der Waals surface area contributed by atoms with E-state index in [0.717, 1.165) is 17.7 Å². The highest BCUT2D eigenvalue weighted by atomic mass is 79.9. The average molecular weight is 299 g/mol. The standard InChI is InChI=1S/C15H23BrO/c1-11(2)14-7-6-13(8-12(14)3)17-10-15(4,5)9-16/h6-8,11H,9-10H2,1-5H3. The summed E-state index contributed by atoms with van der Waals surface area (Å²) in [6.45, 7) is 11.7. The molecule has 1 aromatic rings. The summed E-state index contributed by atoms with van der Waals surface area (Å²) < 4.78 is 5.85. The van der Waals surface area contributed by atoms with Crippen molar-refractivity contribution >= 4 is 15.9 Å². The van der Waals surface area contributed by atoms with Gasteiger partial charge in [0, 0.05) is 10.7 Å². The van der Waals surface area contributed by atoms with Crippen LogP contribution in [-0.4, -0.2) is 11.9 Å². The van der Waals surface area contributed by atoms with Crippen molar-refractivity contribution in [3.05, 3.63) is 29.3 Å². The monoisotopic (exact) mass is 298 g/mol. The second-order valence-corrected chi connectivity index (χ2v) is 6.32. The fraction of sp³-hybridized carbons (Fsp3) is 0.600. The van der Waals surface area contributed by atoms with E-state index in [1.54, 1.807) is 0 Å². The highest BCUT2D eigenvalue weighted by molar-refractivity contribution is 9.09. The molecule has 0 saturated heterocycles. The zero-order chi connectivity index (χ0) is 13.1. The van der Waals surface area contributed by atoms with E-state index in [0.29, 0.717) is 5.92 Å². The zero-order valence-electron chi connectivity index (χ0n) is 11.5. The van der Waals surface area contributed by atoms with Gasteiger partial charge >= 0.3 is 0 Å². The van der Waals surface area contributed by atoms with Crippen LogP contribution < -0.4 is 4.74 Å². The maximum atomic E-state index is 5.85. The van der Waals surface area contributed by atoms with Crippen LogP contribution in [0.3, 0.4) is 0 Å². The maximum absolute atomic E-state index is 5.85. The van der Waals surface area contributed by atoms with E-state index in [-0.39, 0.29) is 5.41 Å². The third-order valence-corrected chi connectivity index (χ3v) is 4.37. The summed E-state index contributed by atoms with van der Waals surface area (Å²) >= 11 is 3.51. The molecule has 1 nitrogen and oxygen atoms in total. The summed E-state index contributed by atoms with van der Waals surface area (Å²) in [6.07, 6.45) is 0. The molecule has 0 aromatic heterocycles. The molecule has 0 heterocycles. The van der Waals surface area contributed by atoms with E-state index in [2.05, 4.69) is 68.7 Å². The highest BCUT2D eigenvalue weighted by Gasteiger charge is 2.17. The molecule has 0 atom stereocenters. The van der Waals surface area contributed by atoms with E-state index in [1.807, 2.05) is 0 Å². The lowest BCUT2D eigenvalue weighted by Crippen LogP contribution is -2.22. The molecule has 1 aromatic carbocycles. The minimum Gasteiger partial charge on any atom is -0.493 e. The number of hydrogen-bond acceptors (Lipinski definition) is 1. The Morgan fingerprint density at radius 3 is 2.41 bits per heavy atom. The summed E-state index contributed by atoms with van der Waals surface area (Å²) in [5.74, 6) is 1.55. The van der Waals surface area contributed by atoms with Crippen LogP contribution in [0.25, 0.3) is 0 Å². The van der Waals surface area contributed by atoms with Gasteiger partial charge in [0.15, 0.2) is 0 Å². The first-order valence-electron chi connectivity index (χ1n) is 6.15. The predicted molar refractivity (Wildman–Crippen MR) is 78.3 cm³/mol. The Labute approximate surface area is 114 Å². The van der Waals surface area contributed by atoms with Crippen molar-refractivity contribution in [3.8, 4) is 5.75 Å². The van der Waals surface area contributed by atoms with Gasteiger partial charge in [0.25, 0.3) is 0 Å². The molecule has 0 fully saturated rings. The van der Waals surface area contributed by atoms with Gasteiger partial charge in [-0.25, -0.2) is 0 Å². The van der Waals surface area contributed by atoms with Crippen LogP contribution >= 0.6 is 15.9 Å². The van der Waals surface area contributed by atoms with Crippen LogP contribution in [0.1, 0.15) is 44.7 Å². The molecule has 1 rings (SSSR count). The third-order valence-electron chi connectivity index (χ3n) is 2.85.